The first kappa shape index (κ1) is 15.1. The Morgan fingerprint density at radius 1 is 1.13 bits per heavy atom. The van der Waals surface area contributed by atoms with E-state index in [4.69, 9.17) is 0 Å². The Kier molecular flexibility index (Phi) is 3.82. The lowest BCUT2D eigenvalue weighted by Gasteiger charge is -2.28. The summed E-state index contributed by atoms with van der Waals surface area (Å²) in [4.78, 5) is 32.6. The smallest absolute Gasteiger partial charge is 0.289 e. The number of nitrogens with one attached hydrogen (secondary N) is 2. The van der Waals surface area contributed by atoms with Gasteiger partial charge in [-0.2, -0.15) is 0 Å². The Balaban J connectivity index is 1.90. The first-order valence-electron chi connectivity index (χ1n) is 7.44. The summed E-state index contributed by atoms with van der Waals surface area (Å²) in [5, 5.41) is 5.89. The summed E-state index contributed by atoms with van der Waals surface area (Å²) in [7, 11) is 0. The fraction of sp³-hybridized carbons (Fsp3) is 0.294. The lowest BCUT2D eigenvalue weighted by atomic mass is 9.82. The predicted octanol–water partition coefficient (Wildman–Crippen LogP) is 1.47. The molecule has 2 atom stereocenters. The van der Waals surface area contributed by atoms with Crippen LogP contribution in [-0.2, 0) is 4.79 Å². The number of rotatable bonds is 3. The van der Waals surface area contributed by atoms with Crippen LogP contribution in [0.15, 0.2) is 48.8 Å². The van der Waals surface area contributed by atoms with Gasteiger partial charge in [0.1, 0.15) is 0 Å². The Morgan fingerprint density at radius 2 is 1.78 bits per heavy atom. The Bertz CT molecular complexity index is 716. The maximum absolute atomic E-state index is 12.4. The van der Waals surface area contributed by atoms with E-state index in [1.165, 1.54) is 12.4 Å². The molecule has 2 N–H and O–H groups in total. The molecule has 2 heterocycles. The highest BCUT2D eigenvalue weighted by molar-refractivity contribution is 5.93. The van der Waals surface area contributed by atoms with Gasteiger partial charge in [-0.15, -0.1) is 0 Å². The number of hydrogen-bond acceptors (Lipinski definition) is 4. The van der Waals surface area contributed by atoms with Gasteiger partial charge in [0, 0.05) is 12.4 Å². The van der Waals surface area contributed by atoms with Crippen molar-refractivity contribution >= 4 is 11.8 Å². The van der Waals surface area contributed by atoms with Crippen LogP contribution in [0.4, 0.5) is 0 Å². The molecule has 1 aliphatic heterocycles. The molecular weight excluding hydrogens is 292 g/mol. The van der Waals surface area contributed by atoms with Crippen LogP contribution in [-0.4, -0.2) is 27.8 Å². The second kappa shape index (κ2) is 5.79. The first-order chi connectivity index (χ1) is 11.0. The maximum Gasteiger partial charge on any atom is 0.289 e. The molecule has 0 spiro atoms. The van der Waals surface area contributed by atoms with E-state index in [0.29, 0.717) is 0 Å². The third-order valence-corrected chi connectivity index (χ3v) is 4.20. The van der Waals surface area contributed by atoms with Gasteiger partial charge in [-0.05, 0) is 25.5 Å². The maximum atomic E-state index is 12.4. The second-order valence-electron chi connectivity index (χ2n) is 6.11. The van der Waals surface area contributed by atoms with Crippen LogP contribution in [0.5, 0.6) is 0 Å². The number of amides is 2. The molecule has 1 aromatic carbocycles. The molecule has 118 valence electrons. The molecule has 1 saturated heterocycles. The topological polar surface area (TPSA) is 84.0 Å². The van der Waals surface area contributed by atoms with Crippen molar-refractivity contribution in [3.63, 3.8) is 0 Å². The van der Waals surface area contributed by atoms with E-state index >= 15 is 0 Å². The van der Waals surface area contributed by atoms with Crippen LogP contribution < -0.4 is 10.6 Å². The van der Waals surface area contributed by atoms with Crippen LogP contribution in [0.3, 0.4) is 0 Å². The minimum absolute atomic E-state index is 0.0920. The van der Waals surface area contributed by atoms with Gasteiger partial charge in [0.25, 0.3) is 5.91 Å². The fourth-order valence-electron chi connectivity index (χ4n) is 2.79. The van der Waals surface area contributed by atoms with Gasteiger partial charge in [-0.1, -0.05) is 30.3 Å². The molecule has 0 saturated carbocycles. The standard InChI is InChI=1S/C17H18N4O2/c1-17(2)13(21-15(22)14-18-9-6-10-19-14)12(20-16(17)23)11-7-4-3-5-8-11/h3-10,12-13H,1-2H3,(H,20,23)(H,21,22)/t12-,13-/m1/s1. The average Bonchev–Trinajstić information content (AvgIpc) is 2.80. The van der Waals surface area contributed by atoms with Gasteiger partial charge in [0.2, 0.25) is 11.7 Å². The first-order valence-corrected chi connectivity index (χ1v) is 7.44. The highest BCUT2D eigenvalue weighted by Gasteiger charge is 2.50. The summed E-state index contributed by atoms with van der Waals surface area (Å²) in [6, 6.07) is 10.6. The molecule has 1 aliphatic rings. The molecule has 6 nitrogen and oxygen atoms in total. The SMILES string of the molecule is CC1(C)C(=O)N[C@H](c2ccccc2)[C@H]1NC(=O)c1ncccn1. The zero-order valence-corrected chi connectivity index (χ0v) is 13.0. The number of nitrogens with zero attached hydrogens (tertiary/aromatic N) is 2. The van der Waals surface area contributed by atoms with Gasteiger partial charge >= 0.3 is 0 Å². The molecule has 2 aromatic rings. The number of benzene rings is 1. The molecule has 0 radical (unpaired) electrons. The van der Waals surface area contributed by atoms with Crippen LogP contribution in [0.1, 0.15) is 36.1 Å². The molecule has 3 rings (SSSR count). The molecule has 1 fully saturated rings. The lowest BCUT2D eigenvalue weighted by Crippen LogP contribution is -2.46. The van der Waals surface area contributed by atoms with Crippen molar-refractivity contribution in [1.82, 2.24) is 20.6 Å². The molecule has 6 heteroatoms. The fourth-order valence-corrected chi connectivity index (χ4v) is 2.79. The Hall–Kier alpha value is -2.76. The van der Waals surface area contributed by atoms with E-state index in [1.807, 2.05) is 44.2 Å². The summed E-state index contributed by atoms with van der Waals surface area (Å²) in [6.07, 6.45) is 3.03. The summed E-state index contributed by atoms with van der Waals surface area (Å²) >= 11 is 0. The summed E-state index contributed by atoms with van der Waals surface area (Å²) < 4.78 is 0. The van der Waals surface area contributed by atoms with Crippen molar-refractivity contribution in [1.29, 1.82) is 0 Å². The Labute approximate surface area is 134 Å². The largest absolute Gasteiger partial charge is 0.347 e. The summed E-state index contributed by atoms with van der Waals surface area (Å²) in [5.41, 5.74) is 0.219. The van der Waals surface area contributed by atoms with Crippen LogP contribution >= 0.6 is 0 Å². The quantitative estimate of drug-likeness (QED) is 0.899. The molecule has 23 heavy (non-hydrogen) atoms. The van der Waals surface area contributed by atoms with Crippen molar-refractivity contribution in [3.8, 4) is 0 Å². The molecule has 0 aliphatic carbocycles. The van der Waals surface area contributed by atoms with Gasteiger partial charge in [0.15, 0.2) is 0 Å². The minimum atomic E-state index is -0.731. The van der Waals surface area contributed by atoms with E-state index in [2.05, 4.69) is 20.6 Å². The normalized spacial score (nSPS) is 22.4. The van der Waals surface area contributed by atoms with Gasteiger partial charge in [0.05, 0.1) is 17.5 Å². The van der Waals surface area contributed by atoms with E-state index in [-0.39, 0.29) is 23.7 Å². The van der Waals surface area contributed by atoms with E-state index in [9.17, 15) is 9.59 Å². The molecule has 1 aromatic heterocycles. The van der Waals surface area contributed by atoms with Crippen molar-refractivity contribution in [2.75, 3.05) is 0 Å². The van der Waals surface area contributed by atoms with Crippen molar-refractivity contribution < 1.29 is 9.59 Å². The van der Waals surface area contributed by atoms with E-state index in [0.717, 1.165) is 5.56 Å². The molecule has 0 bridgehead atoms. The average molecular weight is 310 g/mol. The van der Waals surface area contributed by atoms with Crippen molar-refractivity contribution in [2.24, 2.45) is 5.41 Å². The number of carbonyl (C=O) groups excluding carboxylic acids is 2. The predicted molar refractivity (Wildman–Crippen MR) is 84.4 cm³/mol. The summed E-state index contributed by atoms with van der Waals surface area (Å²) in [5.74, 6) is -0.388. The zero-order chi connectivity index (χ0) is 16.4. The van der Waals surface area contributed by atoms with Gasteiger partial charge in [-0.25, -0.2) is 9.97 Å². The number of hydrogen-bond donors (Lipinski definition) is 2. The van der Waals surface area contributed by atoms with Gasteiger partial charge in [-0.3, -0.25) is 9.59 Å². The molecular formula is C17H18N4O2. The monoisotopic (exact) mass is 310 g/mol. The van der Waals surface area contributed by atoms with E-state index < -0.39 is 11.5 Å². The lowest BCUT2D eigenvalue weighted by molar-refractivity contribution is -0.126. The second-order valence-corrected chi connectivity index (χ2v) is 6.11. The van der Waals surface area contributed by atoms with Crippen LogP contribution in [0, 0.1) is 5.41 Å². The number of carbonyl (C=O) groups is 2. The zero-order valence-electron chi connectivity index (χ0n) is 13.0. The minimum Gasteiger partial charge on any atom is -0.347 e. The number of aromatic nitrogens is 2. The van der Waals surface area contributed by atoms with Crippen LogP contribution in [0.25, 0.3) is 0 Å². The van der Waals surface area contributed by atoms with Crippen LogP contribution in [0.2, 0.25) is 0 Å². The molecule has 0 unspecified atom stereocenters. The Morgan fingerprint density at radius 3 is 2.43 bits per heavy atom. The van der Waals surface area contributed by atoms with Crippen molar-refractivity contribution in [2.45, 2.75) is 25.9 Å². The highest BCUT2D eigenvalue weighted by atomic mass is 16.2. The third-order valence-electron chi connectivity index (χ3n) is 4.20. The van der Waals surface area contributed by atoms with E-state index in [1.54, 1.807) is 6.07 Å². The molecule has 2 amide bonds. The summed E-state index contributed by atoms with van der Waals surface area (Å²) in [6.45, 7) is 3.64. The van der Waals surface area contributed by atoms with Crippen molar-refractivity contribution in [3.05, 3.63) is 60.2 Å². The van der Waals surface area contributed by atoms with Gasteiger partial charge < -0.3 is 10.6 Å². The third kappa shape index (κ3) is 2.79. The highest BCUT2D eigenvalue weighted by Crippen LogP contribution is 2.37.